The monoisotopic (exact) mass is 417 g/mol. The summed E-state index contributed by atoms with van der Waals surface area (Å²) in [6.07, 6.45) is 8.09. The van der Waals surface area contributed by atoms with Gasteiger partial charge in [0.2, 0.25) is 0 Å². The lowest BCUT2D eigenvalue weighted by molar-refractivity contribution is -0.151. The van der Waals surface area contributed by atoms with Crippen molar-refractivity contribution in [3.8, 4) is 11.8 Å². The molecule has 7 nitrogen and oxygen atoms in total. The first-order valence-electron chi connectivity index (χ1n) is 11.4. The molecular formula is C23H35N3O4. The van der Waals surface area contributed by atoms with E-state index in [4.69, 9.17) is 4.74 Å². The van der Waals surface area contributed by atoms with Gasteiger partial charge in [0.1, 0.15) is 6.10 Å². The summed E-state index contributed by atoms with van der Waals surface area (Å²) in [7, 11) is 2.11. The van der Waals surface area contributed by atoms with Crippen molar-refractivity contribution in [1.82, 2.24) is 14.4 Å². The van der Waals surface area contributed by atoms with E-state index in [1.165, 1.54) is 0 Å². The zero-order valence-corrected chi connectivity index (χ0v) is 18.2. The average Bonchev–Trinajstić information content (AvgIpc) is 3.40. The summed E-state index contributed by atoms with van der Waals surface area (Å²) >= 11 is 0. The number of fused-ring (bicyclic) bond motifs is 5. The lowest BCUT2D eigenvalue weighted by Crippen LogP contribution is -2.48. The number of carbonyl (C=O) groups excluding carboxylic acids is 1. The van der Waals surface area contributed by atoms with E-state index in [-0.39, 0.29) is 36.1 Å². The molecule has 2 N–H and O–H groups in total. The van der Waals surface area contributed by atoms with E-state index in [2.05, 4.69) is 35.9 Å². The molecule has 1 fully saturated rings. The van der Waals surface area contributed by atoms with Crippen molar-refractivity contribution in [3.63, 3.8) is 0 Å². The Bertz CT molecular complexity index is 759. The Morgan fingerprint density at radius 3 is 2.30 bits per heavy atom. The summed E-state index contributed by atoms with van der Waals surface area (Å²) in [6.45, 7) is 6.82. The number of aromatic hydroxyl groups is 2. The number of hydrogen-bond donors (Lipinski definition) is 2. The molecule has 0 radical (unpaired) electrons. The number of likely N-dealkylation sites (N-methyl/N-ethyl adjacent to an activating group) is 1. The van der Waals surface area contributed by atoms with Gasteiger partial charge in [-0.3, -0.25) is 14.3 Å². The third kappa shape index (κ3) is 4.23. The lowest BCUT2D eigenvalue weighted by atomic mass is 10.0. The van der Waals surface area contributed by atoms with E-state index in [1.807, 2.05) is 0 Å². The predicted molar refractivity (Wildman–Crippen MR) is 115 cm³/mol. The van der Waals surface area contributed by atoms with Gasteiger partial charge in [-0.25, -0.2) is 0 Å². The first kappa shape index (κ1) is 21.2. The zero-order valence-electron chi connectivity index (χ0n) is 18.2. The van der Waals surface area contributed by atoms with Crippen LogP contribution in [-0.2, 0) is 16.1 Å². The largest absolute Gasteiger partial charge is 0.494 e. The second kappa shape index (κ2) is 9.02. The number of carbonyl (C=O) groups is 1. The Morgan fingerprint density at radius 1 is 1.07 bits per heavy atom. The average molecular weight is 418 g/mol. The minimum Gasteiger partial charge on any atom is -0.494 e. The van der Waals surface area contributed by atoms with E-state index < -0.39 is 6.10 Å². The van der Waals surface area contributed by atoms with Crippen LogP contribution in [0.25, 0.3) is 0 Å². The van der Waals surface area contributed by atoms with E-state index in [9.17, 15) is 15.0 Å². The molecule has 0 saturated carbocycles. The zero-order chi connectivity index (χ0) is 21.3. The van der Waals surface area contributed by atoms with Gasteiger partial charge in [-0.1, -0.05) is 31.9 Å². The quantitative estimate of drug-likeness (QED) is 0.365. The minimum absolute atomic E-state index is 0.129. The number of aromatic nitrogens is 1. The number of unbranched alkanes of at least 4 members (excludes halogenated alkanes) is 2. The van der Waals surface area contributed by atoms with Gasteiger partial charge in [0, 0.05) is 62.1 Å². The molecule has 3 unspecified atom stereocenters. The minimum atomic E-state index is -0.405. The maximum Gasteiger partial charge on any atom is 0.306 e. The molecule has 3 atom stereocenters. The Morgan fingerprint density at radius 2 is 1.70 bits per heavy atom. The first-order chi connectivity index (χ1) is 14.5. The van der Waals surface area contributed by atoms with Crippen molar-refractivity contribution < 1.29 is 19.7 Å². The summed E-state index contributed by atoms with van der Waals surface area (Å²) in [5.74, 6) is 0.437. The van der Waals surface area contributed by atoms with Gasteiger partial charge in [0.25, 0.3) is 0 Å². The van der Waals surface area contributed by atoms with Gasteiger partial charge in [0.15, 0.2) is 11.8 Å². The number of hydrogen-bond acceptors (Lipinski definition) is 6. The fourth-order valence-corrected chi connectivity index (χ4v) is 5.08. The second-order valence-electron chi connectivity index (χ2n) is 9.09. The summed E-state index contributed by atoms with van der Waals surface area (Å²) in [5.41, 5.74) is 1.71. The Balaban J connectivity index is 1.48. The van der Waals surface area contributed by atoms with E-state index in [0.29, 0.717) is 13.0 Å². The van der Waals surface area contributed by atoms with Crippen molar-refractivity contribution in [1.29, 1.82) is 0 Å². The molecule has 1 aromatic heterocycles. The number of esters is 1. The normalized spacial score (nSPS) is 24.3. The fraction of sp³-hybridized carbons (Fsp3) is 0.696. The van der Waals surface area contributed by atoms with Crippen LogP contribution >= 0.6 is 0 Å². The topological polar surface area (TPSA) is 78.2 Å². The molecule has 3 aliphatic rings. The molecule has 2 aliphatic carbocycles. The molecule has 2 heterocycles. The Hall–Kier alpha value is -1.99. The van der Waals surface area contributed by atoms with Crippen LogP contribution in [0.5, 0.6) is 11.8 Å². The van der Waals surface area contributed by atoms with Gasteiger partial charge in [-0.2, -0.15) is 0 Å². The molecule has 1 aromatic rings. The van der Waals surface area contributed by atoms with Crippen molar-refractivity contribution in [3.05, 3.63) is 23.3 Å². The Labute approximate surface area is 178 Å². The molecule has 7 heteroatoms. The highest BCUT2D eigenvalue weighted by Gasteiger charge is 2.41. The molecule has 0 spiro atoms. The van der Waals surface area contributed by atoms with Crippen LogP contribution in [0.4, 0.5) is 0 Å². The van der Waals surface area contributed by atoms with Crippen LogP contribution in [0, 0.1) is 0 Å². The third-order valence-corrected chi connectivity index (χ3v) is 6.83. The van der Waals surface area contributed by atoms with Crippen LogP contribution in [0.15, 0.2) is 12.2 Å². The number of allylic oxidation sites excluding steroid dienone is 2. The van der Waals surface area contributed by atoms with Crippen molar-refractivity contribution in [2.24, 2.45) is 0 Å². The summed E-state index contributed by atoms with van der Waals surface area (Å²) in [4.78, 5) is 17.0. The predicted octanol–water partition coefficient (Wildman–Crippen LogP) is 2.78. The molecule has 2 bridgehead atoms. The van der Waals surface area contributed by atoms with Crippen LogP contribution in [0.2, 0.25) is 0 Å². The van der Waals surface area contributed by atoms with Crippen LogP contribution in [0.1, 0.15) is 62.0 Å². The summed E-state index contributed by atoms with van der Waals surface area (Å²) in [6, 6.07) is 0. The molecule has 0 aromatic carbocycles. The summed E-state index contributed by atoms with van der Waals surface area (Å²) in [5, 5.41) is 21.7. The second-order valence-corrected chi connectivity index (χ2v) is 9.09. The van der Waals surface area contributed by atoms with E-state index >= 15 is 0 Å². The number of nitrogens with zero attached hydrogens (tertiary/aromatic N) is 3. The molecule has 1 aliphatic heterocycles. The molecular weight excluding hydrogens is 382 g/mol. The highest BCUT2D eigenvalue weighted by molar-refractivity contribution is 5.69. The third-order valence-electron chi connectivity index (χ3n) is 6.83. The van der Waals surface area contributed by atoms with Gasteiger partial charge < -0.3 is 19.8 Å². The highest BCUT2D eigenvalue weighted by Crippen LogP contribution is 2.56. The molecule has 1 saturated heterocycles. The lowest BCUT2D eigenvalue weighted by Gasteiger charge is -2.34. The maximum atomic E-state index is 12.4. The number of ether oxygens (including phenoxy) is 1. The fourth-order valence-electron chi connectivity index (χ4n) is 5.08. The van der Waals surface area contributed by atoms with Crippen LogP contribution in [-0.4, -0.2) is 76.4 Å². The standard InChI is InChI=1S/C23H35N3O4/c1-3-4-5-6-19(27)30-18(14-25-11-9-24(2)10-12-25)15-26-22(28)20-16-7-8-17(13-16)21(20)23(26)29/h7-8,16-18,28-29H,3-6,9-15H2,1-2H3. The van der Waals surface area contributed by atoms with E-state index in [1.54, 1.807) is 4.57 Å². The van der Waals surface area contributed by atoms with Gasteiger partial charge >= 0.3 is 5.97 Å². The van der Waals surface area contributed by atoms with Crippen molar-refractivity contribution >= 4 is 5.97 Å². The SMILES string of the molecule is CCCCCC(=O)OC(CN1CCN(C)CC1)Cn1c(O)c2c(c1O)C1C=CC2C1. The highest BCUT2D eigenvalue weighted by atomic mass is 16.5. The summed E-state index contributed by atoms with van der Waals surface area (Å²) < 4.78 is 7.41. The van der Waals surface area contributed by atoms with Crippen molar-refractivity contribution in [2.75, 3.05) is 39.8 Å². The maximum absolute atomic E-state index is 12.4. The van der Waals surface area contributed by atoms with E-state index in [0.717, 1.165) is 63.0 Å². The molecule has 4 rings (SSSR count). The molecule has 0 amide bonds. The van der Waals surface area contributed by atoms with Crippen LogP contribution in [0.3, 0.4) is 0 Å². The number of rotatable bonds is 9. The van der Waals surface area contributed by atoms with Gasteiger partial charge in [-0.05, 0) is 19.9 Å². The Kier molecular flexibility index (Phi) is 6.39. The van der Waals surface area contributed by atoms with Crippen molar-refractivity contribution in [2.45, 2.75) is 63.5 Å². The van der Waals surface area contributed by atoms with Gasteiger partial charge in [0.05, 0.1) is 6.54 Å². The van der Waals surface area contributed by atoms with Gasteiger partial charge in [-0.15, -0.1) is 0 Å². The molecule has 166 valence electrons. The van der Waals surface area contributed by atoms with Crippen LogP contribution < -0.4 is 0 Å². The first-order valence-corrected chi connectivity index (χ1v) is 11.4. The smallest absolute Gasteiger partial charge is 0.306 e. The number of piperazine rings is 1. The molecule has 30 heavy (non-hydrogen) atoms.